The van der Waals surface area contributed by atoms with Gasteiger partial charge in [-0.2, -0.15) is 0 Å². The van der Waals surface area contributed by atoms with Crippen LogP contribution in [0.5, 0.6) is 0 Å². The maximum absolute atomic E-state index is 13.3. The number of nitrogens with zero attached hydrogens (tertiary/aromatic N) is 1. The maximum atomic E-state index is 13.3. The van der Waals surface area contributed by atoms with Crippen molar-refractivity contribution in [3.8, 4) is 0 Å². The normalized spacial score (nSPS) is 18.5. The number of hydrogen-bond donors (Lipinski definition) is 0. The summed E-state index contributed by atoms with van der Waals surface area (Å²) in [5.74, 6) is -0.628. The number of aryl methyl sites for hydroxylation is 1. The van der Waals surface area contributed by atoms with E-state index in [1.165, 1.54) is 12.1 Å². The number of rotatable bonds is 3. The zero-order valence-corrected chi connectivity index (χ0v) is 16.8. The standard InChI is InChI=1S/C19H25NO5S/c1-7-15-13(3)16(21)20(18(22)25-19(4,5)6)17(15)26(23,24)14-10-8-12(2)9-11-14/h8-11,17H,7H2,1-6H3. The van der Waals surface area contributed by atoms with Gasteiger partial charge in [-0.05, 0) is 58.7 Å². The van der Waals surface area contributed by atoms with Gasteiger partial charge < -0.3 is 4.74 Å². The Labute approximate surface area is 154 Å². The van der Waals surface area contributed by atoms with Gasteiger partial charge in [0.15, 0.2) is 5.37 Å². The van der Waals surface area contributed by atoms with Crippen LogP contribution in [0.2, 0.25) is 0 Å². The van der Waals surface area contributed by atoms with E-state index in [-0.39, 0.29) is 10.5 Å². The molecule has 0 N–H and O–H groups in total. The highest BCUT2D eigenvalue weighted by atomic mass is 32.2. The van der Waals surface area contributed by atoms with Crippen LogP contribution in [0.15, 0.2) is 40.3 Å². The van der Waals surface area contributed by atoms with Crippen molar-refractivity contribution in [1.82, 2.24) is 4.90 Å². The highest BCUT2D eigenvalue weighted by molar-refractivity contribution is 7.92. The maximum Gasteiger partial charge on any atom is 0.418 e. The second-order valence-electron chi connectivity index (χ2n) is 7.37. The molecule has 26 heavy (non-hydrogen) atoms. The van der Waals surface area contributed by atoms with E-state index in [0.717, 1.165) is 10.5 Å². The van der Waals surface area contributed by atoms with Crippen LogP contribution in [0.4, 0.5) is 4.79 Å². The first-order chi connectivity index (χ1) is 11.9. The second kappa shape index (κ2) is 6.87. The molecule has 142 valence electrons. The van der Waals surface area contributed by atoms with E-state index in [2.05, 4.69) is 0 Å². The molecule has 1 aromatic carbocycles. The van der Waals surface area contributed by atoms with Crippen LogP contribution in [-0.4, -0.2) is 36.3 Å². The predicted octanol–water partition coefficient (Wildman–Crippen LogP) is 3.60. The first kappa shape index (κ1) is 20.2. The molecule has 6 nitrogen and oxygen atoms in total. The van der Waals surface area contributed by atoms with Crippen molar-refractivity contribution >= 4 is 21.8 Å². The summed E-state index contributed by atoms with van der Waals surface area (Å²) >= 11 is 0. The minimum atomic E-state index is -3.99. The van der Waals surface area contributed by atoms with Gasteiger partial charge in [0.2, 0.25) is 9.84 Å². The molecule has 0 saturated heterocycles. The van der Waals surface area contributed by atoms with Crippen LogP contribution in [-0.2, 0) is 19.4 Å². The monoisotopic (exact) mass is 379 g/mol. The lowest BCUT2D eigenvalue weighted by molar-refractivity contribution is -0.125. The van der Waals surface area contributed by atoms with E-state index < -0.39 is 32.8 Å². The average Bonchev–Trinajstić information content (AvgIpc) is 2.78. The molecule has 0 aliphatic carbocycles. The second-order valence-corrected chi connectivity index (χ2v) is 9.38. The SMILES string of the molecule is CCC1=C(C)C(=O)N(C(=O)OC(C)(C)C)C1S(=O)(=O)c1ccc(C)cc1. The van der Waals surface area contributed by atoms with Crippen molar-refractivity contribution in [3.63, 3.8) is 0 Å². The van der Waals surface area contributed by atoms with Gasteiger partial charge in [0, 0.05) is 5.57 Å². The van der Waals surface area contributed by atoms with E-state index in [1.54, 1.807) is 46.8 Å². The van der Waals surface area contributed by atoms with E-state index in [9.17, 15) is 18.0 Å². The summed E-state index contributed by atoms with van der Waals surface area (Å²) in [4.78, 5) is 26.1. The molecule has 1 unspecified atom stereocenters. The Balaban J connectivity index is 2.57. The van der Waals surface area contributed by atoms with Crippen LogP contribution < -0.4 is 0 Å². The van der Waals surface area contributed by atoms with Gasteiger partial charge in [-0.15, -0.1) is 0 Å². The number of imide groups is 1. The van der Waals surface area contributed by atoms with Crippen LogP contribution in [0.25, 0.3) is 0 Å². The minimum Gasteiger partial charge on any atom is -0.443 e. The molecule has 1 aliphatic rings. The molecular weight excluding hydrogens is 354 g/mol. The summed E-state index contributed by atoms with van der Waals surface area (Å²) in [6, 6.07) is 6.35. The molecule has 0 radical (unpaired) electrons. The smallest absolute Gasteiger partial charge is 0.418 e. The summed E-state index contributed by atoms with van der Waals surface area (Å²) in [6.07, 6.45) is -0.613. The van der Waals surface area contributed by atoms with Crippen LogP contribution >= 0.6 is 0 Å². The third kappa shape index (κ3) is 3.67. The Morgan fingerprint density at radius 2 is 1.69 bits per heavy atom. The largest absolute Gasteiger partial charge is 0.443 e. The number of carbonyl (C=O) groups is 2. The number of hydrogen-bond acceptors (Lipinski definition) is 5. The lowest BCUT2D eigenvalue weighted by Crippen LogP contribution is -2.47. The van der Waals surface area contributed by atoms with Gasteiger partial charge in [-0.1, -0.05) is 24.6 Å². The molecule has 0 fully saturated rings. The highest BCUT2D eigenvalue weighted by Gasteiger charge is 2.49. The minimum absolute atomic E-state index is 0.0649. The fourth-order valence-corrected chi connectivity index (χ4v) is 4.83. The van der Waals surface area contributed by atoms with E-state index >= 15 is 0 Å². The number of benzene rings is 1. The van der Waals surface area contributed by atoms with E-state index in [0.29, 0.717) is 12.0 Å². The fraction of sp³-hybridized carbons (Fsp3) is 0.474. The zero-order chi connectivity index (χ0) is 19.9. The molecule has 1 aromatic rings. The molecule has 2 amide bonds. The Hall–Kier alpha value is -2.15. The Morgan fingerprint density at radius 3 is 2.15 bits per heavy atom. The summed E-state index contributed by atoms with van der Waals surface area (Å²) in [5, 5.41) is -1.38. The van der Waals surface area contributed by atoms with Crippen LogP contribution in [0.1, 0.15) is 46.6 Å². The van der Waals surface area contributed by atoms with E-state index in [1.807, 2.05) is 6.92 Å². The fourth-order valence-electron chi connectivity index (χ4n) is 2.88. The van der Waals surface area contributed by atoms with Crippen molar-refractivity contribution < 1.29 is 22.7 Å². The van der Waals surface area contributed by atoms with Gasteiger partial charge in [0.25, 0.3) is 5.91 Å². The van der Waals surface area contributed by atoms with Gasteiger partial charge in [-0.3, -0.25) is 4.79 Å². The third-order valence-corrected chi connectivity index (χ3v) is 6.18. The molecule has 0 spiro atoms. The number of amides is 2. The number of carbonyl (C=O) groups excluding carboxylic acids is 2. The summed E-state index contributed by atoms with van der Waals surface area (Å²) in [6.45, 7) is 10.2. The molecule has 1 atom stereocenters. The van der Waals surface area contributed by atoms with Gasteiger partial charge in [-0.25, -0.2) is 18.1 Å². The predicted molar refractivity (Wildman–Crippen MR) is 98.2 cm³/mol. The summed E-state index contributed by atoms with van der Waals surface area (Å²) < 4.78 is 31.8. The molecular formula is C19H25NO5S. The van der Waals surface area contributed by atoms with Crippen LogP contribution in [0, 0.1) is 6.92 Å². The van der Waals surface area contributed by atoms with Crippen molar-refractivity contribution in [3.05, 3.63) is 41.0 Å². The van der Waals surface area contributed by atoms with Gasteiger partial charge >= 0.3 is 6.09 Å². The molecule has 0 bridgehead atoms. The Bertz CT molecular complexity index is 860. The number of ether oxygens (including phenoxy) is 1. The summed E-state index contributed by atoms with van der Waals surface area (Å²) in [5.41, 5.74) is 0.761. The van der Waals surface area contributed by atoms with Gasteiger partial charge in [0.05, 0.1) is 4.90 Å². The third-order valence-electron chi connectivity index (χ3n) is 4.17. The first-order valence-corrected chi connectivity index (χ1v) is 10.0. The number of sulfone groups is 1. The first-order valence-electron chi connectivity index (χ1n) is 8.47. The Morgan fingerprint density at radius 1 is 1.15 bits per heavy atom. The molecule has 7 heteroatoms. The van der Waals surface area contributed by atoms with Crippen molar-refractivity contribution in [2.75, 3.05) is 0 Å². The zero-order valence-electron chi connectivity index (χ0n) is 16.0. The molecule has 1 heterocycles. The van der Waals surface area contributed by atoms with Crippen molar-refractivity contribution in [2.24, 2.45) is 0 Å². The highest BCUT2D eigenvalue weighted by Crippen LogP contribution is 2.36. The summed E-state index contributed by atoms with van der Waals surface area (Å²) in [7, 11) is -3.99. The Kier molecular flexibility index (Phi) is 5.33. The average molecular weight is 379 g/mol. The lowest BCUT2D eigenvalue weighted by atomic mass is 10.1. The molecule has 2 rings (SSSR count). The van der Waals surface area contributed by atoms with Crippen LogP contribution in [0.3, 0.4) is 0 Å². The topological polar surface area (TPSA) is 80.8 Å². The van der Waals surface area contributed by atoms with Crippen molar-refractivity contribution in [1.29, 1.82) is 0 Å². The van der Waals surface area contributed by atoms with Crippen molar-refractivity contribution in [2.45, 2.75) is 63.8 Å². The quantitative estimate of drug-likeness (QED) is 0.801. The van der Waals surface area contributed by atoms with E-state index in [4.69, 9.17) is 4.74 Å². The molecule has 0 aromatic heterocycles. The van der Waals surface area contributed by atoms with Gasteiger partial charge in [0.1, 0.15) is 5.60 Å². The molecule has 1 aliphatic heterocycles. The molecule has 0 saturated carbocycles. The lowest BCUT2D eigenvalue weighted by Gasteiger charge is -2.28.